The van der Waals surface area contributed by atoms with Gasteiger partial charge in [-0.1, -0.05) is 20.3 Å². The van der Waals surface area contributed by atoms with Crippen LogP contribution in [0.15, 0.2) is 4.79 Å². The van der Waals surface area contributed by atoms with Crippen LogP contribution in [0.3, 0.4) is 0 Å². The molecule has 1 saturated carbocycles. The highest BCUT2D eigenvalue weighted by Gasteiger charge is 2.47. The molecule has 1 amide bonds. The third-order valence-corrected chi connectivity index (χ3v) is 4.15. The van der Waals surface area contributed by atoms with Crippen LogP contribution in [-0.2, 0) is 0 Å². The highest BCUT2D eigenvalue weighted by atomic mass is 19.4. The summed E-state index contributed by atoms with van der Waals surface area (Å²) in [6.07, 6.45) is -2.97. The first-order valence-electron chi connectivity index (χ1n) is 7.59. The Labute approximate surface area is 131 Å². The lowest BCUT2D eigenvalue weighted by atomic mass is 9.79. The molecular weight excluding hydrogens is 311 g/mol. The van der Waals surface area contributed by atoms with Gasteiger partial charge >= 0.3 is 6.18 Å². The fourth-order valence-electron chi connectivity index (χ4n) is 2.60. The molecule has 128 valence electrons. The van der Waals surface area contributed by atoms with E-state index >= 15 is 0 Å². The first kappa shape index (κ1) is 17.5. The number of halogens is 3. The molecule has 8 heteroatoms. The van der Waals surface area contributed by atoms with Crippen molar-refractivity contribution >= 4 is 5.91 Å². The molecule has 1 atom stereocenters. The molecule has 0 aliphatic heterocycles. The lowest BCUT2D eigenvalue weighted by Crippen LogP contribution is -2.52. The quantitative estimate of drug-likeness (QED) is 0.891. The zero-order chi connectivity index (χ0) is 17.4. The molecule has 0 spiro atoms. The van der Waals surface area contributed by atoms with Gasteiger partial charge in [0, 0.05) is 5.92 Å². The summed E-state index contributed by atoms with van der Waals surface area (Å²) in [6, 6.07) is -1.92. The number of hydrogen-bond donors (Lipinski definition) is 2. The van der Waals surface area contributed by atoms with Gasteiger partial charge in [0.2, 0.25) is 0 Å². The van der Waals surface area contributed by atoms with Crippen LogP contribution in [0.1, 0.15) is 60.9 Å². The second kappa shape index (κ2) is 6.33. The topological polar surface area (TPSA) is 74.8 Å². The van der Waals surface area contributed by atoms with E-state index in [0.29, 0.717) is 18.7 Å². The fraction of sp³-hybridized carbons (Fsp3) is 0.667. The molecule has 1 fully saturated rings. The van der Waals surface area contributed by atoms with Gasteiger partial charge in [-0.25, -0.2) is 4.98 Å². The molecule has 1 aliphatic rings. The van der Waals surface area contributed by atoms with Crippen LogP contribution in [0.25, 0.3) is 0 Å². The molecule has 2 rings (SSSR count). The maximum atomic E-state index is 13.1. The Morgan fingerprint density at radius 2 is 1.96 bits per heavy atom. The van der Waals surface area contributed by atoms with Gasteiger partial charge in [-0.3, -0.25) is 9.59 Å². The molecule has 23 heavy (non-hydrogen) atoms. The SMILES string of the molecule is Cc1nc(C(C)C)[nH]c(=O)c1C(=O)NC(C1CCC1)C(F)(F)F. The average Bonchev–Trinajstić information content (AvgIpc) is 2.33. The number of aromatic nitrogens is 2. The van der Waals surface area contributed by atoms with Gasteiger partial charge in [-0.2, -0.15) is 13.2 Å². The number of alkyl halides is 3. The molecule has 1 heterocycles. The number of aromatic amines is 1. The molecular formula is C15H20F3N3O2. The Balaban J connectivity index is 2.28. The van der Waals surface area contributed by atoms with Crippen LogP contribution in [0, 0.1) is 12.8 Å². The predicted molar refractivity (Wildman–Crippen MR) is 78.3 cm³/mol. The van der Waals surface area contributed by atoms with E-state index in [2.05, 4.69) is 9.97 Å². The normalized spacial score (nSPS) is 17.0. The minimum absolute atomic E-state index is 0.0589. The van der Waals surface area contributed by atoms with Crippen molar-refractivity contribution in [1.29, 1.82) is 0 Å². The number of carbonyl (C=O) groups excluding carboxylic acids is 1. The van der Waals surface area contributed by atoms with E-state index < -0.39 is 29.6 Å². The van der Waals surface area contributed by atoms with E-state index in [1.807, 2.05) is 19.2 Å². The average molecular weight is 331 g/mol. The van der Waals surface area contributed by atoms with Crippen LogP contribution >= 0.6 is 0 Å². The second-order valence-corrected chi connectivity index (χ2v) is 6.25. The minimum Gasteiger partial charge on any atom is -0.340 e. The summed E-state index contributed by atoms with van der Waals surface area (Å²) in [6.45, 7) is 5.07. The van der Waals surface area contributed by atoms with Crippen molar-refractivity contribution in [3.63, 3.8) is 0 Å². The monoisotopic (exact) mass is 331 g/mol. The van der Waals surface area contributed by atoms with E-state index in [9.17, 15) is 22.8 Å². The summed E-state index contributed by atoms with van der Waals surface area (Å²) in [5.74, 6) is -1.31. The standard InChI is InChI=1S/C15H20F3N3O2/c1-7(2)12-19-8(3)10(14(23)21-12)13(22)20-11(15(16,17)18)9-5-4-6-9/h7,9,11H,4-6H2,1-3H3,(H,20,22)(H,19,21,23). The summed E-state index contributed by atoms with van der Waals surface area (Å²) in [4.78, 5) is 30.8. The van der Waals surface area contributed by atoms with Crippen LogP contribution in [-0.4, -0.2) is 28.1 Å². The van der Waals surface area contributed by atoms with Crippen molar-refractivity contribution in [3.05, 3.63) is 27.4 Å². The summed E-state index contributed by atoms with van der Waals surface area (Å²) in [7, 11) is 0. The lowest BCUT2D eigenvalue weighted by Gasteiger charge is -2.35. The molecule has 0 radical (unpaired) electrons. The molecule has 1 aliphatic carbocycles. The summed E-state index contributed by atoms with van der Waals surface area (Å²) in [5, 5.41) is 1.98. The van der Waals surface area contributed by atoms with Gasteiger partial charge in [-0.05, 0) is 25.7 Å². The molecule has 0 aromatic carbocycles. The van der Waals surface area contributed by atoms with Crippen molar-refractivity contribution in [1.82, 2.24) is 15.3 Å². The number of nitrogens with one attached hydrogen (secondary N) is 2. The Hall–Kier alpha value is -1.86. The maximum absolute atomic E-state index is 13.1. The molecule has 0 bridgehead atoms. The molecule has 5 nitrogen and oxygen atoms in total. The third kappa shape index (κ3) is 3.73. The predicted octanol–water partition coefficient (Wildman–Crippen LogP) is 2.66. The van der Waals surface area contributed by atoms with E-state index in [1.54, 1.807) is 0 Å². The number of hydrogen-bond acceptors (Lipinski definition) is 3. The minimum atomic E-state index is -4.54. The number of nitrogens with zero attached hydrogens (tertiary/aromatic N) is 1. The van der Waals surface area contributed by atoms with Crippen molar-refractivity contribution in [2.75, 3.05) is 0 Å². The van der Waals surface area contributed by atoms with Gasteiger partial charge in [0.05, 0.1) is 5.69 Å². The van der Waals surface area contributed by atoms with Gasteiger partial charge in [0.25, 0.3) is 11.5 Å². The maximum Gasteiger partial charge on any atom is 0.408 e. The Morgan fingerprint density at radius 3 is 2.35 bits per heavy atom. The van der Waals surface area contributed by atoms with Crippen molar-refractivity contribution in [2.24, 2.45) is 5.92 Å². The Bertz CT molecular complexity index is 648. The number of amides is 1. The van der Waals surface area contributed by atoms with Crippen molar-refractivity contribution in [2.45, 2.75) is 58.2 Å². The van der Waals surface area contributed by atoms with Crippen molar-refractivity contribution < 1.29 is 18.0 Å². The van der Waals surface area contributed by atoms with Gasteiger partial charge in [0.1, 0.15) is 17.4 Å². The molecule has 0 saturated heterocycles. The van der Waals surface area contributed by atoms with E-state index in [4.69, 9.17) is 0 Å². The molecule has 1 aromatic rings. The van der Waals surface area contributed by atoms with Crippen LogP contribution in [0.2, 0.25) is 0 Å². The van der Waals surface area contributed by atoms with E-state index in [0.717, 1.165) is 6.42 Å². The van der Waals surface area contributed by atoms with Crippen LogP contribution in [0.5, 0.6) is 0 Å². The highest BCUT2D eigenvalue weighted by Crippen LogP contribution is 2.37. The second-order valence-electron chi connectivity index (χ2n) is 6.25. The largest absolute Gasteiger partial charge is 0.408 e. The number of H-pyrrole nitrogens is 1. The summed E-state index contributed by atoms with van der Waals surface area (Å²) >= 11 is 0. The Morgan fingerprint density at radius 1 is 1.35 bits per heavy atom. The number of rotatable bonds is 4. The van der Waals surface area contributed by atoms with Gasteiger partial charge in [0.15, 0.2) is 0 Å². The zero-order valence-electron chi connectivity index (χ0n) is 13.3. The summed E-state index contributed by atoms with van der Waals surface area (Å²) in [5.41, 5.74) is -0.944. The van der Waals surface area contributed by atoms with Gasteiger partial charge in [-0.15, -0.1) is 0 Å². The van der Waals surface area contributed by atoms with E-state index in [-0.39, 0.29) is 17.2 Å². The van der Waals surface area contributed by atoms with Crippen LogP contribution < -0.4 is 10.9 Å². The molecule has 1 aromatic heterocycles. The van der Waals surface area contributed by atoms with Gasteiger partial charge < -0.3 is 10.3 Å². The fourth-order valence-corrected chi connectivity index (χ4v) is 2.60. The molecule has 2 N–H and O–H groups in total. The smallest absolute Gasteiger partial charge is 0.340 e. The first-order valence-corrected chi connectivity index (χ1v) is 7.59. The zero-order valence-corrected chi connectivity index (χ0v) is 13.3. The highest BCUT2D eigenvalue weighted by molar-refractivity contribution is 5.95. The van der Waals surface area contributed by atoms with Crippen molar-refractivity contribution in [3.8, 4) is 0 Å². The molecule has 1 unspecified atom stereocenters. The lowest BCUT2D eigenvalue weighted by molar-refractivity contribution is -0.171. The summed E-state index contributed by atoms with van der Waals surface area (Å²) < 4.78 is 39.4. The number of aryl methyl sites for hydroxylation is 1. The van der Waals surface area contributed by atoms with E-state index in [1.165, 1.54) is 6.92 Å². The third-order valence-electron chi connectivity index (χ3n) is 4.15. The number of carbonyl (C=O) groups is 1. The Kier molecular flexibility index (Phi) is 4.81. The first-order chi connectivity index (χ1) is 10.6. The van der Waals surface area contributed by atoms with Crippen LogP contribution in [0.4, 0.5) is 13.2 Å².